The smallest absolute Gasteiger partial charge is 0.277 e. The molecule has 1 amide bonds. The maximum atomic E-state index is 14.3. The van der Waals surface area contributed by atoms with Crippen LogP contribution in [0.5, 0.6) is 0 Å². The van der Waals surface area contributed by atoms with Gasteiger partial charge in [0.15, 0.2) is 11.6 Å². The van der Waals surface area contributed by atoms with E-state index in [4.69, 9.17) is 10.2 Å². The van der Waals surface area contributed by atoms with Crippen molar-refractivity contribution in [3.63, 3.8) is 0 Å². The van der Waals surface area contributed by atoms with Crippen LogP contribution in [0.25, 0.3) is 0 Å². The molecule has 2 aromatic carbocycles. The Morgan fingerprint density at radius 2 is 1.86 bits per heavy atom. The maximum Gasteiger partial charge on any atom is 0.277 e. The molecule has 0 saturated carbocycles. The Morgan fingerprint density at radius 1 is 1.07 bits per heavy atom. The predicted octanol–water partition coefficient (Wildman–Crippen LogP) is 2.04. The number of carbonyl (C=O) groups excluding carboxylic acids is 1. The topological polar surface area (TPSA) is 90.8 Å². The van der Waals surface area contributed by atoms with Gasteiger partial charge in [0, 0.05) is 6.42 Å². The quantitative estimate of drug-likeness (QED) is 0.328. The summed E-state index contributed by atoms with van der Waals surface area (Å²) in [5.74, 6) is 0.783. The van der Waals surface area contributed by atoms with E-state index in [2.05, 4.69) is 22.0 Å². The van der Waals surface area contributed by atoms with Crippen LogP contribution in [0.15, 0.2) is 30.3 Å². The Bertz CT molecular complexity index is 910. The van der Waals surface area contributed by atoms with E-state index in [9.17, 15) is 18.0 Å². The molecule has 2 rings (SSSR count). The number of rotatable bonds is 7. The molecular formula is C19H17F3N2O4. The fourth-order valence-corrected chi connectivity index (χ4v) is 2.20. The summed E-state index contributed by atoms with van der Waals surface area (Å²) in [7, 11) is 0. The minimum absolute atomic E-state index is 0.186. The molecule has 6 nitrogen and oxygen atoms in total. The predicted molar refractivity (Wildman–Crippen MR) is 95.1 cm³/mol. The Balaban J connectivity index is 2.29. The standard InChI is InChI=1S/C19H17F3N2O4/c20-14-6-5-13(19(27)24-28-10-9-26)18(17(14)22)23-16-7-4-12(11-15(16)21)3-1-2-8-25/h4-7,11,23,25-26H,3,8-10H2,(H,24,27). The Kier molecular flexibility index (Phi) is 7.83. The van der Waals surface area contributed by atoms with Crippen LogP contribution in [0, 0.1) is 29.3 Å². The van der Waals surface area contributed by atoms with E-state index in [-0.39, 0.29) is 37.5 Å². The van der Waals surface area contributed by atoms with Crippen molar-refractivity contribution < 1.29 is 33.0 Å². The molecule has 148 valence electrons. The fourth-order valence-electron chi connectivity index (χ4n) is 2.20. The lowest BCUT2D eigenvalue weighted by molar-refractivity contribution is 0.0168. The lowest BCUT2D eigenvalue weighted by Crippen LogP contribution is -2.26. The first kappa shape index (κ1) is 21.2. The number of carbonyl (C=O) groups is 1. The summed E-state index contributed by atoms with van der Waals surface area (Å²) >= 11 is 0. The van der Waals surface area contributed by atoms with E-state index in [1.807, 2.05) is 5.48 Å². The van der Waals surface area contributed by atoms with Gasteiger partial charge in [0.05, 0.1) is 30.2 Å². The van der Waals surface area contributed by atoms with Crippen molar-refractivity contribution in [2.24, 2.45) is 0 Å². The molecule has 0 aromatic heterocycles. The summed E-state index contributed by atoms with van der Waals surface area (Å²) in [6.45, 7) is -0.870. The number of hydroxylamine groups is 1. The first-order valence-electron chi connectivity index (χ1n) is 8.11. The molecule has 0 aliphatic rings. The van der Waals surface area contributed by atoms with Gasteiger partial charge in [-0.2, -0.15) is 0 Å². The van der Waals surface area contributed by atoms with Gasteiger partial charge in [0.1, 0.15) is 12.4 Å². The lowest BCUT2D eigenvalue weighted by atomic mass is 10.1. The van der Waals surface area contributed by atoms with E-state index in [1.54, 1.807) is 0 Å². The highest BCUT2D eigenvalue weighted by Crippen LogP contribution is 2.28. The Morgan fingerprint density at radius 3 is 2.54 bits per heavy atom. The van der Waals surface area contributed by atoms with Crippen LogP contribution >= 0.6 is 0 Å². The van der Waals surface area contributed by atoms with Gasteiger partial charge in [-0.1, -0.05) is 17.9 Å². The molecule has 0 fully saturated rings. The normalized spacial score (nSPS) is 10.2. The molecule has 0 spiro atoms. The van der Waals surface area contributed by atoms with Crippen molar-refractivity contribution in [2.45, 2.75) is 6.42 Å². The second-order valence-electron chi connectivity index (χ2n) is 5.41. The second-order valence-corrected chi connectivity index (χ2v) is 5.41. The first-order valence-corrected chi connectivity index (χ1v) is 8.11. The van der Waals surface area contributed by atoms with Crippen molar-refractivity contribution in [3.8, 4) is 11.8 Å². The maximum absolute atomic E-state index is 14.3. The number of hydrogen-bond donors (Lipinski definition) is 4. The average Bonchev–Trinajstić information content (AvgIpc) is 2.67. The summed E-state index contributed by atoms with van der Waals surface area (Å²) in [6, 6.07) is 5.71. The average molecular weight is 394 g/mol. The van der Waals surface area contributed by atoms with E-state index in [0.717, 1.165) is 18.2 Å². The monoisotopic (exact) mass is 394 g/mol. The van der Waals surface area contributed by atoms with E-state index < -0.39 is 29.0 Å². The highest BCUT2D eigenvalue weighted by molar-refractivity contribution is 6.00. The number of nitrogens with one attached hydrogen (secondary N) is 2. The number of aliphatic hydroxyl groups is 2. The molecule has 0 atom stereocenters. The summed E-state index contributed by atoms with van der Waals surface area (Å²) in [6.07, 6.45) is 0.196. The second kappa shape index (κ2) is 10.3. The zero-order valence-electron chi connectivity index (χ0n) is 14.6. The van der Waals surface area contributed by atoms with Crippen molar-refractivity contribution in [1.82, 2.24) is 5.48 Å². The molecule has 0 aliphatic heterocycles. The Labute approximate surface area is 158 Å². The molecule has 0 saturated heterocycles. The molecule has 2 aromatic rings. The molecule has 28 heavy (non-hydrogen) atoms. The van der Waals surface area contributed by atoms with Gasteiger partial charge in [0.25, 0.3) is 5.91 Å². The zero-order chi connectivity index (χ0) is 20.5. The number of hydrogen-bond acceptors (Lipinski definition) is 5. The fraction of sp³-hybridized carbons (Fsp3) is 0.211. The lowest BCUT2D eigenvalue weighted by Gasteiger charge is -2.14. The van der Waals surface area contributed by atoms with Crippen molar-refractivity contribution in [1.29, 1.82) is 0 Å². The molecule has 9 heteroatoms. The summed E-state index contributed by atoms with van der Waals surface area (Å²) in [4.78, 5) is 16.8. The van der Waals surface area contributed by atoms with Gasteiger partial charge < -0.3 is 15.5 Å². The highest BCUT2D eigenvalue weighted by atomic mass is 19.2. The molecule has 0 unspecified atom stereocenters. The van der Waals surface area contributed by atoms with Crippen LogP contribution in [0.3, 0.4) is 0 Å². The van der Waals surface area contributed by atoms with Crippen LogP contribution in [-0.4, -0.2) is 35.9 Å². The van der Waals surface area contributed by atoms with Gasteiger partial charge in [0.2, 0.25) is 0 Å². The van der Waals surface area contributed by atoms with Crippen LogP contribution in [0.1, 0.15) is 15.9 Å². The van der Waals surface area contributed by atoms with Gasteiger partial charge in [-0.25, -0.2) is 18.7 Å². The zero-order valence-corrected chi connectivity index (χ0v) is 14.6. The van der Waals surface area contributed by atoms with Gasteiger partial charge in [-0.3, -0.25) is 9.63 Å². The summed E-state index contributed by atoms with van der Waals surface area (Å²) in [5, 5.41) is 19.6. The van der Waals surface area contributed by atoms with Crippen molar-refractivity contribution in [3.05, 3.63) is 58.9 Å². The Hall–Kier alpha value is -3.06. The van der Waals surface area contributed by atoms with Crippen LogP contribution in [-0.2, 0) is 11.3 Å². The van der Waals surface area contributed by atoms with Crippen LogP contribution < -0.4 is 10.8 Å². The van der Waals surface area contributed by atoms with Gasteiger partial charge in [-0.05, 0) is 29.8 Å². The minimum Gasteiger partial charge on any atom is -0.394 e. The number of benzene rings is 2. The molecule has 0 heterocycles. The SMILES string of the molecule is O=C(NOCCO)c1ccc(F)c(F)c1Nc1ccc(CC#CCO)cc1F. The number of anilines is 2. The number of aliphatic hydroxyl groups excluding tert-OH is 2. The van der Waals surface area contributed by atoms with Crippen LogP contribution in [0.2, 0.25) is 0 Å². The van der Waals surface area contributed by atoms with Crippen LogP contribution in [0.4, 0.5) is 24.5 Å². The summed E-state index contributed by atoms with van der Waals surface area (Å²) in [5.41, 5.74) is 1.40. The first-order chi connectivity index (χ1) is 13.5. The van der Waals surface area contributed by atoms with E-state index >= 15 is 0 Å². The molecule has 0 radical (unpaired) electrons. The third kappa shape index (κ3) is 5.47. The largest absolute Gasteiger partial charge is 0.394 e. The van der Waals surface area contributed by atoms with Gasteiger partial charge >= 0.3 is 0 Å². The number of halogens is 3. The molecule has 4 N–H and O–H groups in total. The third-order valence-electron chi connectivity index (χ3n) is 3.49. The molecular weight excluding hydrogens is 377 g/mol. The van der Waals surface area contributed by atoms with E-state index in [1.165, 1.54) is 12.1 Å². The number of amides is 1. The van der Waals surface area contributed by atoms with Gasteiger partial charge in [-0.15, -0.1) is 0 Å². The highest BCUT2D eigenvalue weighted by Gasteiger charge is 2.20. The van der Waals surface area contributed by atoms with Crippen molar-refractivity contribution in [2.75, 3.05) is 25.1 Å². The minimum atomic E-state index is -1.37. The van der Waals surface area contributed by atoms with E-state index in [0.29, 0.717) is 5.56 Å². The molecule has 0 bridgehead atoms. The van der Waals surface area contributed by atoms with Crippen molar-refractivity contribution >= 4 is 17.3 Å². The summed E-state index contributed by atoms with van der Waals surface area (Å²) < 4.78 is 42.2. The third-order valence-corrected chi connectivity index (χ3v) is 3.49. The molecule has 0 aliphatic carbocycles.